The van der Waals surface area contributed by atoms with Gasteiger partial charge in [-0.2, -0.15) is 0 Å². The summed E-state index contributed by atoms with van der Waals surface area (Å²) in [5.41, 5.74) is 0.653. The van der Waals surface area contributed by atoms with Crippen LogP contribution >= 0.6 is 0 Å². The molecule has 0 bridgehead atoms. The first-order valence-electron chi connectivity index (χ1n) is 5.75. The SMILES string of the molecule is O=S(=O)(/C=C/c1cccc(O)c1O)Nc1ccccc1. The highest BCUT2D eigenvalue weighted by Crippen LogP contribution is 2.29. The summed E-state index contributed by atoms with van der Waals surface area (Å²) in [6.45, 7) is 0. The minimum absolute atomic E-state index is 0.212. The lowest BCUT2D eigenvalue weighted by Crippen LogP contribution is -2.08. The van der Waals surface area contributed by atoms with Gasteiger partial charge in [-0.05, 0) is 24.3 Å². The minimum atomic E-state index is -3.69. The highest BCUT2D eigenvalue weighted by Gasteiger charge is 2.07. The van der Waals surface area contributed by atoms with Crippen molar-refractivity contribution in [1.82, 2.24) is 0 Å². The van der Waals surface area contributed by atoms with E-state index in [0.717, 1.165) is 5.41 Å². The number of aromatic hydroxyl groups is 2. The predicted molar refractivity (Wildman–Crippen MR) is 77.8 cm³/mol. The van der Waals surface area contributed by atoms with Crippen molar-refractivity contribution in [1.29, 1.82) is 0 Å². The summed E-state index contributed by atoms with van der Waals surface area (Å²) in [6, 6.07) is 12.7. The van der Waals surface area contributed by atoms with Gasteiger partial charge in [0.1, 0.15) is 0 Å². The van der Waals surface area contributed by atoms with Crippen LogP contribution in [-0.4, -0.2) is 18.6 Å². The van der Waals surface area contributed by atoms with Crippen LogP contribution in [0.2, 0.25) is 0 Å². The molecule has 5 nitrogen and oxygen atoms in total. The molecule has 0 atom stereocenters. The van der Waals surface area contributed by atoms with E-state index >= 15 is 0 Å². The Labute approximate surface area is 116 Å². The van der Waals surface area contributed by atoms with Crippen molar-refractivity contribution in [2.24, 2.45) is 0 Å². The van der Waals surface area contributed by atoms with E-state index in [1.165, 1.54) is 24.3 Å². The first kappa shape index (κ1) is 14.0. The highest BCUT2D eigenvalue weighted by molar-refractivity contribution is 7.95. The molecule has 0 fully saturated rings. The van der Waals surface area contributed by atoms with Crippen molar-refractivity contribution in [3.05, 3.63) is 59.5 Å². The highest BCUT2D eigenvalue weighted by atomic mass is 32.2. The molecule has 20 heavy (non-hydrogen) atoms. The summed E-state index contributed by atoms with van der Waals surface area (Å²) in [4.78, 5) is 0. The van der Waals surface area contributed by atoms with Gasteiger partial charge >= 0.3 is 0 Å². The fourth-order valence-electron chi connectivity index (χ4n) is 1.55. The van der Waals surface area contributed by atoms with E-state index in [1.54, 1.807) is 30.3 Å². The number of phenols is 2. The summed E-state index contributed by atoms with van der Waals surface area (Å²) in [6.07, 6.45) is 1.21. The molecule has 0 aliphatic carbocycles. The number of para-hydroxylation sites is 2. The molecule has 3 N–H and O–H groups in total. The second kappa shape index (κ2) is 5.66. The standard InChI is InChI=1S/C14H13NO4S/c16-13-8-4-5-11(14(13)17)9-10-20(18,19)15-12-6-2-1-3-7-12/h1-10,15-17H/b10-9+. The lowest BCUT2D eigenvalue weighted by Gasteiger charge is -2.04. The molecule has 2 aromatic carbocycles. The molecule has 0 amide bonds. The Bertz CT molecular complexity index is 724. The number of benzene rings is 2. The molecule has 0 unspecified atom stereocenters. The third kappa shape index (κ3) is 3.52. The summed E-state index contributed by atoms with van der Waals surface area (Å²) in [7, 11) is -3.69. The molecule has 0 aliphatic rings. The molecular weight excluding hydrogens is 278 g/mol. The summed E-state index contributed by atoms with van der Waals surface area (Å²) < 4.78 is 26.0. The molecule has 0 aromatic heterocycles. The topological polar surface area (TPSA) is 86.6 Å². The summed E-state index contributed by atoms with van der Waals surface area (Å²) in [5.74, 6) is -0.667. The van der Waals surface area contributed by atoms with Crippen molar-refractivity contribution in [3.63, 3.8) is 0 Å². The smallest absolute Gasteiger partial charge is 0.255 e. The maximum atomic E-state index is 11.8. The molecule has 0 aliphatic heterocycles. The van der Waals surface area contributed by atoms with E-state index in [9.17, 15) is 18.6 Å². The van der Waals surface area contributed by atoms with Crippen LogP contribution in [0.3, 0.4) is 0 Å². The Balaban J connectivity index is 2.20. The van der Waals surface area contributed by atoms with Gasteiger partial charge in [0, 0.05) is 11.3 Å². The van der Waals surface area contributed by atoms with Gasteiger partial charge in [0.05, 0.1) is 5.41 Å². The van der Waals surface area contributed by atoms with Crippen molar-refractivity contribution >= 4 is 21.8 Å². The maximum absolute atomic E-state index is 11.8. The molecule has 0 spiro atoms. The Morgan fingerprint density at radius 3 is 2.35 bits per heavy atom. The van der Waals surface area contributed by atoms with Gasteiger partial charge in [-0.3, -0.25) is 4.72 Å². The normalized spacial score (nSPS) is 11.6. The summed E-state index contributed by atoms with van der Waals surface area (Å²) in [5, 5.41) is 19.8. The zero-order chi connectivity index (χ0) is 14.6. The zero-order valence-electron chi connectivity index (χ0n) is 10.4. The maximum Gasteiger partial charge on any atom is 0.255 e. The van der Waals surface area contributed by atoms with Crippen LogP contribution in [0.5, 0.6) is 11.5 Å². The lowest BCUT2D eigenvalue weighted by atomic mass is 10.2. The van der Waals surface area contributed by atoms with Crippen LogP contribution in [0.4, 0.5) is 5.69 Å². The second-order valence-corrected chi connectivity index (χ2v) is 5.60. The van der Waals surface area contributed by atoms with Gasteiger partial charge in [-0.1, -0.05) is 30.3 Å². The predicted octanol–water partition coefficient (Wildman–Crippen LogP) is 2.51. The number of nitrogens with one attached hydrogen (secondary N) is 1. The Hall–Kier alpha value is -2.47. The van der Waals surface area contributed by atoms with Crippen molar-refractivity contribution in [2.45, 2.75) is 0 Å². The minimum Gasteiger partial charge on any atom is -0.504 e. The summed E-state index contributed by atoms with van der Waals surface area (Å²) >= 11 is 0. The van der Waals surface area contributed by atoms with Crippen LogP contribution in [-0.2, 0) is 10.0 Å². The van der Waals surface area contributed by atoms with Crippen LogP contribution in [0, 0.1) is 0 Å². The van der Waals surface area contributed by atoms with Crippen LogP contribution in [0.1, 0.15) is 5.56 Å². The molecule has 0 radical (unpaired) electrons. The van der Waals surface area contributed by atoms with E-state index in [4.69, 9.17) is 0 Å². The van der Waals surface area contributed by atoms with E-state index in [-0.39, 0.29) is 17.1 Å². The Kier molecular flexibility index (Phi) is 3.95. The largest absolute Gasteiger partial charge is 0.504 e. The quantitative estimate of drug-likeness (QED) is 0.755. The van der Waals surface area contributed by atoms with E-state index in [2.05, 4.69) is 4.72 Å². The number of sulfonamides is 1. The van der Waals surface area contributed by atoms with Crippen LogP contribution in [0.25, 0.3) is 6.08 Å². The third-order valence-electron chi connectivity index (χ3n) is 2.51. The average molecular weight is 291 g/mol. The average Bonchev–Trinajstić information content (AvgIpc) is 2.41. The molecule has 2 rings (SSSR count). The fourth-order valence-corrected chi connectivity index (χ4v) is 2.41. The molecule has 0 saturated carbocycles. The van der Waals surface area contributed by atoms with Crippen molar-refractivity contribution in [3.8, 4) is 11.5 Å². The van der Waals surface area contributed by atoms with Gasteiger partial charge in [0.15, 0.2) is 11.5 Å². The van der Waals surface area contributed by atoms with E-state index < -0.39 is 10.0 Å². The monoisotopic (exact) mass is 291 g/mol. The lowest BCUT2D eigenvalue weighted by molar-refractivity contribution is 0.403. The van der Waals surface area contributed by atoms with Crippen molar-refractivity contribution < 1.29 is 18.6 Å². The number of hydrogen-bond donors (Lipinski definition) is 3. The number of rotatable bonds is 4. The Morgan fingerprint density at radius 1 is 0.950 bits per heavy atom. The van der Waals surface area contributed by atoms with Gasteiger partial charge in [0.2, 0.25) is 0 Å². The molecule has 0 heterocycles. The van der Waals surface area contributed by atoms with E-state index in [1.807, 2.05) is 0 Å². The molecule has 6 heteroatoms. The third-order valence-corrected chi connectivity index (χ3v) is 3.52. The van der Waals surface area contributed by atoms with Gasteiger partial charge in [-0.15, -0.1) is 0 Å². The molecular formula is C14H13NO4S. The van der Waals surface area contributed by atoms with Crippen molar-refractivity contribution in [2.75, 3.05) is 4.72 Å². The molecule has 2 aromatic rings. The van der Waals surface area contributed by atoms with Gasteiger partial charge in [-0.25, -0.2) is 8.42 Å². The number of phenolic OH excluding ortho intramolecular Hbond substituents is 2. The van der Waals surface area contributed by atoms with Gasteiger partial charge in [0.25, 0.3) is 10.0 Å². The molecule has 0 saturated heterocycles. The fraction of sp³-hybridized carbons (Fsp3) is 0. The number of hydrogen-bond acceptors (Lipinski definition) is 4. The first-order chi connectivity index (χ1) is 9.48. The molecule has 104 valence electrons. The zero-order valence-corrected chi connectivity index (χ0v) is 11.2. The first-order valence-corrected chi connectivity index (χ1v) is 7.29. The second-order valence-electron chi connectivity index (χ2n) is 4.03. The Morgan fingerprint density at radius 2 is 1.65 bits per heavy atom. The van der Waals surface area contributed by atoms with E-state index in [0.29, 0.717) is 5.69 Å². The number of anilines is 1. The van der Waals surface area contributed by atoms with Gasteiger partial charge < -0.3 is 10.2 Å². The van der Waals surface area contributed by atoms with Crippen LogP contribution < -0.4 is 4.72 Å². The van der Waals surface area contributed by atoms with Crippen LogP contribution in [0.15, 0.2) is 53.9 Å².